The van der Waals surface area contributed by atoms with Crippen molar-refractivity contribution in [3.63, 3.8) is 0 Å². The van der Waals surface area contributed by atoms with Crippen LogP contribution < -0.4 is 0 Å². The summed E-state index contributed by atoms with van der Waals surface area (Å²) in [5, 5.41) is 2.00. The number of rotatable bonds is 6. The molecule has 1 amide bonds. The highest BCUT2D eigenvalue weighted by Gasteiger charge is 2.22. The quantitative estimate of drug-likeness (QED) is 0.445. The third-order valence-electron chi connectivity index (χ3n) is 6.04. The molecule has 3 heterocycles. The number of carbonyl (C=O) groups excluding carboxylic acids is 1. The van der Waals surface area contributed by atoms with Gasteiger partial charge >= 0.3 is 0 Å². The zero-order valence-corrected chi connectivity index (χ0v) is 18.6. The van der Waals surface area contributed by atoms with Gasteiger partial charge < -0.3 is 4.90 Å². The van der Waals surface area contributed by atoms with Crippen LogP contribution in [0.5, 0.6) is 0 Å². The van der Waals surface area contributed by atoms with Crippen molar-refractivity contribution in [2.24, 2.45) is 0 Å². The molecule has 0 aliphatic carbocycles. The lowest BCUT2D eigenvalue weighted by molar-refractivity contribution is -0.132. The summed E-state index contributed by atoms with van der Waals surface area (Å²) < 4.78 is 15.2. The number of hydrogen-bond acceptors (Lipinski definition) is 4. The fraction of sp³-hybridized carbons (Fsp3) is 0.280. The summed E-state index contributed by atoms with van der Waals surface area (Å²) >= 11 is 1.52. The number of carbonyl (C=O) groups is 1. The minimum absolute atomic E-state index is 0.157. The number of aromatic nitrogens is 2. The highest BCUT2D eigenvalue weighted by molar-refractivity contribution is 7.15. The number of fused-ring (bicyclic) bond motifs is 1. The lowest BCUT2D eigenvalue weighted by Gasteiger charge is -2.34. The highest BCUT2D eigenvalue weighted by Crippen LogP contribution is 2.24. The van der Waals surface area contributed by atoms with Gasteiger partial charge in [0, 0.05) is 55.6 Å². The minimum Gasteiger partial charge on any atom is -0.340 e. The molecule has 4 aromatic rings. The summed E-state index contributed by atoms with van der Waals surface area (Å²) in [4.78, 5) is 22.8. The molecule has 164 valence electrons. The van der Waals surface area contributed by atoms with E-state index in [1.807, 2.05) is 26.9 Å². The first-order chi connectivity index (χ1) is 15.7. The molecule has 7 heteroatoms. The minimum atomic E-state index is -0.263. The first kappa shape index (κ1) is 20.8. The van der Waals surface area contributed by atoms with Gasteiger partial charge in [-0.25, -0.2) is 9.37 Å². The second kappa shape index (κ2) is 9.22. The van der Waals surface area contributed by atoms with Crippen molar-refractivity contribution >= 4 is 22.2 Å². The number of amides is 1. The van der Waals surface area contributed by atoms with Crippen molar-refractivity contribution in [3.8, 4) is 11.3 Å². The Hall–Kier alpha value is -3.03. The van der Waals surface area contributed by atoms with Crippen molar-refractivity contribution < 1.29 is 9.18 Å². The number of thiazole rings is 1. The molecule has 1 aliphatic rings. The molecule has 1 saturated heterocycles. The standard InChI is InChI=1S/C25H25FN4OS/c26-21-8-6-20(7-9-21)23-17-30-22(18-32-25(30)27-23)16-24(31)29-14-12-28(13-15-29)11-10-19-4-2-1-3-5-19/h1-9,17-18H,10-16H2. The maximum Gasteiger partial charge on any atom is 0.228 e. The molecule has 0 bridgehead atoms. The van der Waals surface area contributed by atoms with Crippen LogP contribution in [0, 0.1) is 5.82 Å². The van der Waals surface area contributed by atoms with Crippen molar-refractivity contribution in [1.29, 1.82) is 0 Å². The number of halogens is 1. The Balaban J connectivity index is 1.18. The van der Waals surface area contributed by atoms with Crippen LogP contribution in [0.2, 0.25) is 0 Å². The summed E-state index contributed by atoms with van der Waals surface area (Å²) in [6.07, 6.45) is 3.34. The van der Waals surface area contributed by atoms with E-state index in [-0.39, 0.29) is 11.7 Å². The first-order valence-electron chi connectivity index (χ1n) is 10.9. The van der Waals surface area contributed by atoms with Gasteiger partial charge in [-0.3, -0.25) is 14.1 Å². The Bertz CT molecular complexity index is 1190. The van der Waals surface area contributed by atoms with E-state index in [0.717, 1.165) is 61.1 Å². The van der Waals surface area contributed by atoms with E-state index in [9.17, 15) is 9.18 Å². The van der Waals surface area contributed by atoms with Crippen LogP contribution >= 0.6 is 11.3 Å². The summed E-state index contributed by atoms with van der Waals surface area (Å²) in [6, 6.07) is 16.9. The van der Waals surface area contributed by atoms with Crippen molar-refractivity contribution in [2.75, 3.05) is 32.7 Å². The van der Waals surface area contributed by atoms with E-state index in [2.05, 4.69) is 34.1 Å². The second-order valence-electron chi connectivity index (χ2n) is 8.15. The van der Waals surface area contributed by atoms with Crippen molar-refractivity contribution in [3.05, 3.63) is 83.2 Å². The molecule has 32 heavy (non-hydrogen) atoms. The van der Waals surface area contributed by atoms with E-state index < -0.39 is 0 Å². The molecule has 0 spiro atoms. The SMILES string of the molecule is O=C(Cc1csc2nc(-c3ccc(F)cc3)cn12)N1CCN(CCc2ccccc2)CC1. The number of piperazine rings is 1. The molecular formula is C25H25FN4OS. The fourth-order valence-electron chi connectivity index (χ4n) is 4.14. The Labute approximate surface area is 190 Å². The topological polar surface area (TPSA) is 40.9 Å². The second-order valence-corrected chi connectivity index (χ2v) is 8.98. The molecule has 2 aromatic carbocycles. The van der Waals surface area contributed by atoms with Crippen LogP contribution in [0.1, 0.15) is 11.3 Å². The molecule has 0 unspecified atom stereocenters. The summed E-state index contributed by atoms with van der Waals surface area (Å²) in [6.45, 7) is 4.39. The predicted molar refractivity (Wildman–Crippen MR) is 125 cm³/mol. The number of hydrogen-bond donors (Lipinski definition) is 0. The first-order valence-corrected chi connectivity index (χ1v) is 11.8. The zero-order chi connectivity index (χ0) is 21.9. The van der Waals surface area contributed by atoms with Gasteiger partial charge in [-0.2, -0.15) is 0 Å². The highest BCUT2D eigenvalue weighted by atomic mass is 32.1. The van der Waals surface area contributed by atoms with Gasteiger partial charge in [0.2, 0.25) is 5.91 Å². The predicted octanol–water partition coefficient (Wildman–Crippen LogP) is 4.13. The van der Waals surface area contributed by atoms with E-state index in [1.165, 1.54) is 29.0 Å². The maximum absolute atomic E-state index is 13.2. The molecule has 1 aliphatic heterocycles. The van der Waals surface area contributed by atoms with Crippen molar-refractivity contribution in [1.82, 2.24) is 19.2 Å². The third-order valence-corrected chi connectivity index (χ3v) is 6.93. The molecule has 5 rings (SSSR count). The monoisotopic (exact) mass is 448 g/mol. The number of benzene rings is 2. The van der Waals surface area contributed by atoms with E-state index in [4.69, 9.17) is 0 Å². The lowest BCUT2D eigenvalue weighted by atomic mass is 10.1. The van der Waals surface area contributed by atoms with Crippen LogP contribution in [0.3, 0.4) is 0 Å². The normalized spacial score (nSPS) is 14.8. The van der Waals surface area contributed by atoms with Gasteiger partial charge in [-0.15, -0.1) is 11.3 Å². The maximum atomic E-state index is 13.2. The molecular weight excluding hydrogens is 423 g/mol. The smallest absolute Gasteiger partial charge is 0.228 e. The van der Waals surface area contributed by atoms with E-state index in [0.29, 0.717) is 6.42 Å². The van der Waals surface area contributed by atoms with E-state index in [1.54, 1.807) is 12.1 Å². The van der Waals surface area contributed by atoms with Gasteiger partial charge in [0.1, 0.15) is 5.82 Å². The zero-order valence-electron chi connectivity index (χ0n) is 17.8. The van der Waals surface area contributed by atoms with Gasteiger partial charge in [-0.1, -0.05) is 30.3 Å². The van der Waals surface area contributed by atoms with Gasteiger partial charge in [0.15, 0.2) is 4.96 Å². The van der Waals surface area contributed by atoms with Crippen LogP contribution in [-0.4, -0.2) is 57.8 Å². The van der Waals surface area contributed by atoms with Gasteiger partial charge in [-0.05, 0) is 36.2 Å². The molecule has 0 radical (unpaired) electrons. The number of nitrogens with zero attached hydrogens (tertiary/aromatic N) is 4. The van der Waals surface area contributed by atoms with Gasteiger partial charge in [0.25, 0.3) is 0 Å². The van der Waals surface area contributed by atoms with Crippen LogP contribution in [0.15, 0.2) is 66.2 Å². The third kappa shape index (κ3) is 4.59. The Morgan fingerprint density at radius 3 is 2.50 bits per heavy atom. The molecule has 5 nitrogen and oxygen atoms in total. The molecule has 1 fully saturated rings. The molecule has 0 atom stereocenters. The van der Waals surface area contributed by atoms with Crippen LogP contribution in [0.25, 0.3) is 16.2 Å². The number of imidazole rings is 1. The lowest BCUT2D eigenvalue weighted by Crippen LogP contribution is -2.49. The summed E-state index contributed by atoms with van der Waals surface area (Å²) in [7, 11) is 0. The Morgan fingerprint density at radius 1 is 1.00 bits per heavy atom. The Morgan fingerprint density at radius 2 is 1.75 bits per heavy atom. The summed E-state index contributed by atoms with van der Waals surface area (Å²) in [5.41, 5.74) is 3.96. The largest absolute Gasteiger partial charge is 0.340 e. The molecule has 0 saturated carbocycles. The van der Waals surface area contributed by atoms with Crippen LogP contribution in [-0.2, 0) is 17.6 Å². The Kier molecular flexibility index (Phi) is 6.01. The van der Waals surface area contributed by atoms with Crippen molar-refractivity contribution in [2.45, 2.75) is 12.8 Å². The fourth-order valence-corrected chi connectivity index (χ4v) is 5.01. The summed E-state index contributed by atoms with van der Waals surface area (Å²) in [5.74, 6) is -0.106. The van der Waals surface area contributed by atoms with Crippen LogP contribution in [0.4, 0.5) is 4.39 Å². The van der Waals surface area contributed by atoms with E-state index >= 15 is 0 Å². The average Bonchev–Trinajstić information content (AvgIpc) is 3.41. The molecule has 2 aromatic heterocycles. The molecule has 0 N–H and O–H groups in total. The van der Waals surface area contributed by atoms with Gasteiger partial charge in [0.05, 0.1) is 12.1 Å². The average molecular weight is 449 g/mol.